The lowest BCUT2D eigenvalue weighted by Crippen LogP contribution is -2.23. The summed E-state index contributed by atoms with van der Waals surface area (Å²) in [5.41, 5.74) is 0.251. The van der Waals surface area contributed by atoms with Crippen molar-refractivity contribution in [3.63, 3.8) is 0 Å². The lowest BCUT2D eigenvalue weighted by Gasteiger charge is -2.08. The Balaban J connectivity index is 1.77. The van der Waals surface area contributed by atoms with Gasteiger partial charge in [-0.3, -0.25) is 14.9 Å². The molecule has 0 unspecified atom stereocenters. The molecule has 0 saturated carbocycles. The maximum atomic E-state index is 11.7. The van der Waals surface area contributed by atoms with Gasteiger partial charge in [-0.05, 0) is 30.3 Å². The molecule has 0 atom stereocenters. The second kappa shape index (κ2) is 9.02. The molecule has 26 heavy (non-hydrogen) atoms. The minimum absolute atomic E-state index is 0.0582. The number of nitro groups is 1. The normalized spacial score (nSPS) is 9.88. The number of carbonyl (C=O) groups excluding carboxylic acids is 2. The van der Waals surface area contributed by atoms with E-state index in [9.17, 15) is 19.7 Å². The molecule has 2 aromatic rings. The number of hydrogen-bond acceptors (Lipinski definition) is 7. The summed E-state index contributed by atoms with van der Waals surface area (Å²) in [5, 5.41) is 13.4. The number of para-hydroxylation sites is 2. The van der Waals surface area contributed by atoms with Crippen LogP contribution >= 0.6 is 0 Å². The molecule has 0 heterocycles. The molecule has 0 aliphatic heterocycles. The molecule has 0 bridgehead atoms. The summed E-state index contributed by atoms with van der Waals surface area (Å²) < 4.78 is 14.8. The van der Waals surface area contributed by atoms with Gasteiger partial charge in [-0.1, -0.05) is 12.1 Å². The van der Waals surface area contributed by atoms with Gasteiger partial charge in [-0.2, -0.15) is 0 Å². The Labute approximate surface area is 148 Å². The van der Waals surface area contributed by atoms with Crippen LogP contribution in [0, 0.1) is 10.1 Å². The fourth-order valence-electron chi connectivity index (χ4n) is 1.93. The molecule has 136 valence electrons. The van der Waals surface area contributed by atoms with Crippen LogP contribution in [0.2, 0.25) is 0 Å². The van der Waals surface area contributed by atoms with E-state index in [1.807, 2.05) is 0 Å². The van der Waals surface area contributed by atoms with Gasteiger partial charge in [-0.25, -0.2) is 4.79 Å². The monoisotopic (exact) mass is 360 g/mol. The fraction of sp³-hybridized carbons (Fsp3) is 0.176. The number of anilines is 1. The van der Waals surface area contributed by atoms with Crippen molar-refractivity contribution in [1.82, 2.24) is 0 Å². The zero-order chi connectivity index (χ0) is 18.9. The molecule has 0 radical (unpaired) electrons. The van der Waals surface area contributed by atoms with Crippen LogP contribution < -0.4 is 14.8 Å². The van der Waals surface area contributed by atoms with Gasteiger partial charge in [0.1, 0.15) is 5.75 Å². The van der Waals surface area contributed by atoms with E-state index < -0.39 is 30.0 Å². The first kappa shape index (κ1) is 18.7. The molecule has 0 saturated heterocycles. The summed E-state index contributed by atoms with van der Waals surface area (Å²) in [6.45, 7) is -1.06. The molecule has 9 heteroatoms. The number of rotatable bonds is 8. The summed E-state index contributed by atoms with van der Waals surface area (Å²) in [7, 11) is 1.53. The highest BCUT2D eigenvalue weighted by Crippen LogP contribution is 2.25. The number of amides is 1. The van der Waals surface area contributed by atoms with Gasteiger partial charge < -0.3 is 19.5 Å². The average molecular weight is 360 g/mol. The standard InChI is InChI=1S/C17H16N2O7/c1-24-13-8-6-12(7-9-13)18-16(20)10-26-17(21)11-25-15-5-3-2-4-14(15)19(22)23/h2-9H,10-11H2,1H3,(H,18,20). The van der Waals surface area contributed by atoms with E-state index in [4.69, 9.17) is 14.2 Å². The van der Waals surface area contributed by atoms with E-state index in [2.05, 4.69) is 5.32 Å². The van der Waals surface area contributed by atoms with Crippen molar-refractivity contribution < 1.29 is 28.7 Å². The Bertz CT molecular complexity index is 790. The van der Waals surface area contributed by atoms with Crippen LogP contribution in [-0.4, -0.2) is 37.1 Å². The molecular weight excluding hydrogens is 344 g/mol. The van der Waals surface area contributed by atoms with Crippen molar-refractivity contribution in [2.75, 3.05) is 25.6 Å². The molecule has 0 aromatic heterocycles. The first-order valence-corrected chi connectivity index (χ1v) is 7.45. The predicted molar refractivity (Wildman–Crippen MR) is 91.2 cm³/mol. The molecule has 0 fully saturated rings. The van der Waals surface area contributed by atoms with Gasteiger partial charge in [0.05, 0.1) is 12.0 Å². The van der Waals surface area contributed by atoms with Gasteiger partial charge in [0.25, 0.3) is 5.91 Å². The molecule has 0 aliphatic rings. The molecule has 1 N–H and O–H groups in total. The van der Waals surface area contributed by atoms with Crippen molar-refractivity contribution in [3.8, 4) is 11.5 Å². The molecular formula is C17H16N2O7. The Morgan fingerprint density at radius 1 is 1.08 bits per heavy atom. The van der Waals surface area contributed by atoms with E-state index in [0.717, 1.165) is 0 Å². The average Bonchev–Trinajstić information content (AvgIpc) is 2.65. The Morgan fingerprint density at radius 2 is 1.77 bits per heavy atom. The minimum Gasteiger partial charge on any atom is -0.497 e. The molecule has 0 spiro atoms. The molecule has 9 nitrogen and oxygen atoms in total. The molecule has 2 rings (SSSR count). The van der Waals surface area contributed by atoms with Crippen molar-refractivity contribution in [1.29, 1.82) is 0 Å². The summed E-state index contributed by atoms with van der Waals surface area (Å²) in [4.78, 5) is 33.6. The Morgan fingerprint density at radius 3 is 2.42 bits per heavy atom. The zero-order valence-corrected chi connectivity index (χ0v) is 13.8. The Hall–Kier alpha value is -3.62. The highest BCUT2D eigenvalue weighted by molar-refractivity contribution is 5.92. The van der Waals surface area contributed by atoms with Crippen LogP contribution in [-0.2, 0) is 14.3 Å². The van der Waals surface area contributed by atoms with Gasteiger partial charge in [0.2, 0.25) is 0 Å². The first-order valence-electron chi connectivity index (χ1n) is 7.45. The number of carbonyl (C=O) groups is 2. The number of ether oxygens (including phenoxy) is 3. The second-order valence-corrected chi connectivity index (χ2v) is 4.95. The predicted octanol–water partition coefficient (Wildman–Crippen LogP) is 2.16. The van der Waals surface area contributed by atoms with Crippen LogP contribution in [0.4, 0.5) is 11.4 Å². The minimum atomic E-state index is -0.826. The summed E-state index contributed by atoms with van der Waals surface area (Å²) in [6.07, 6.45) is 0. The fourth-order valence-corrected chi connectivity index (χ4v) is 1.93. The first-order chi connectivity index (χ1) is 12.5. The molecule has 0 aliphatic carbocycles. The number of methoxy groups -OCH3 is 1. The van der Waals surface area contributed by atoms with Crippen molar-refractivity contribution in [2.45, 2.75) is 0 Å². The highest BCUT2D eigenvalue weighted by Gasteiger charge is 2.16. The van der Waals surface area contributed by atoms with Gasteiger partial charge in [-0.15, -0.1) is 0 Å². The number of benzene rings is 2. The van der Waals surface area contributed by atoms with Crippen LogP contribution in [0.5, 0.6) is 11.5 Å². The largest absolute Gasteiger partial charge is 0.497 e. The summed E-state index contributed by atoms with van der Waals surface area (Å²) in [6, 6.07) is 12.2. The Kier molecular flexibility index (Phi) is 6.49. The second-order valence-electron chi connectivity index (χ2n) is 4.95. The van der Waals surface area contributed by atoms with Gasteiger partial charge in [0.15, 0.2) is 19.0 Å². The third-order valence-electron chi connectivity index (χ3n) is 3.15. The lowest BCUT2D eigenvalue weighted by atomic mass is 10.3. The van der Waals surface area contributed by atoms with Crippen LogP contribution in [0.1, 0.15) is 0 Å². The van der Waals surface area contributed by atoms with E-state index in [1.54, 1.807) is 24.3 Å². The van der Waals surface area contributed by atoms with E-state index >= 15 is 0 Å². The summed E-state index contributed by atoms with van der Waals surface area (Å²) >= 11 is 0. The maximum Gasteiger partial charge on any atom is 0.344 e. The van der Waals surface area contributed by atoms with Crippen molar-refractivity contribution >= 4 is 23.3 Å². The highest BCUT2D eigenvalue weighted by atomic mass is 16.6. The van der Waals surface area contributed by atoms with Crippen molar-refractivity contribution in [2.24, 2.45) is 0 Å². The van der Waals surface area contributed by atoms with Crippen LogP contribution in [0.15, 0.2) is 48.5 Å². The number of hydrogen-bond donors (Lipinski definition) is 1. The van der Waals surface area contributed by atoms with Gasteiger partial charge >= 0.3 is 11.7 Å². The van der Waals surface area contributed by atoms with Crippen LogP contribution in [0.25, 0.3) is 0 Å². The molecule has 2 aromatic carbocycles. The third-order valence-corrected chi connectivity index (χ3v) is 3.15. The van der Waals surface area contributed by atoms with E-state index in [1.165, 1.54) is 31.4 Å². The summed E-state index contributed by atoms with van der Waals surface area (Å²) in [5.74, 6) is -0.777. The van der Waals surface area contributed by atoms with Crippen LogP contribution in [0.3, 0.4) is 0 Å². The van der Waals surface area contributed by atoms with Crippen molar-refractivity contribution in [3.05, 3.63) is 58.6 Å². The third kappa shape index (κ3) is 5.48. The topological polar surface area (TPSA) is 117 Å². The zero-order valence-electron chi connectivity index (χ0n) is 13.8. The van der Waals surface area contributed by atoms with E-state index in [0.29, 0.717) is 11.4 Å². The van der Waals surface area contributed by atoms with Gasteiger partial charge in [0, 0.05) is 11.8 Å². The number of nitrogens with zero attached hydrogens (tertiary/aromatic N) is 1. The SMILES string of the molecule is COc1ccc(NC(=O)COC(=O)COc2ccccc2[N+](=O)[O-])cc1. The number of nitro benzene ring substituents is 1. The van der Waals surface area contributed by atoms with E-state index in [-0.39, 0.29) is 11.4 Å². The lowest BCUT2D eigenvalue weighted by molar-refractivity contribution is -0.385. The quantitative estimate of drug-likeness (QED) is 0.435. The maximum absolute atomic E-state index is 11.7. The smallest absolute Gasteiger partial charge is 0.344 e. The number of nitrogens with one attached hydrogen (secondary N) is 1. The molecule has 1 amide bonds. The number of esters is 1.